The molecule has 2 fully saturated rings. The summed E-state index contributed by atoms with van der Waals surface area (Å²) in [5.41, 5.74) is 1.99. The molecule has 2 amide bonds. The van der Waals surface area contributed by atoms with Gasteiger partial charge in [-0.3, -0.25) is 9.59 Å². The lowest BCUT2D eigenvalue weighted by atomic mass is 9.95. The van der Waals surface area contributed by atoms with Crippen molar-refractivity contribution in [3.8, 4) is 0 Å². The zero-order chi connectivity index (χ0) is 18.1. The van der Waals surface area contributed by atoms with Gasteiger partial charge in [0.05, 0.1) is 25.5 Å². The van der Waals surface area contributed by atoms with Crippen LogP contribution in [0.3, 0.4) is 0 Å². The number of carbonyl (C=O) groups is 2. The maximum absolute atomic E-state index is 12.9. The quantitative estimate of drug-likeness (QED) is 0.761. The SMILES string of the molecule is CC(=O)N1CCC(C(=O)N2Cc3cnc(N4CCOCC4)nc3C2)CC1. The number of carbonyl (C=O) groups excluding carboxylic acids is 2. The Hall–Kier alpha value is -2.22. The van der Waals surface area contributed by atoms with Crippen molar-refractivity contribution in [1.29, 1.82) is 0 Å². The molecule has 0 unspecified atom stereocenters. The van der Waals surface area contributed by atoms with E-state index in [9.17, 15) is 9.59 Å². The van der Waals surface area contributed by atoms with Crippen LogP contribution in [0.2, 0.25) is 0 Å². The largest absolute Gasteiger partial charge is 0.378 e. The molecule has 0 aliphatic carbocycles. The van der Waals surface area contributed by atoms with Crippen LogP contribution in [0.1, 0.15) is 31.0 Å². The van der Waals surface area contributed by atoms with Gasteiger partial charge in [0.1, 0.15) is 0 Å². The zero-order valence-corrected chi connectivity index (χ0v) is 15.2. The van der Waals surface area contributed by atoms with E-state index in [-0.39, 0.29) is 17.7 Å². The second-order valence-electron chi connectivity index (χ2n) is 7.22. The van der Waals surface area contributed by atoms with Crippen molar-refractivity contribution < 1.29 is 14.3 Å². The summed E-state index contributed by atoms with van der Waals surface area (Å²) >= 11 is 0. The fraction of sp³-hybridized carbons (Fsp3) is 0.667. The standard InChI is InChI=1S/C18H25N5O3/c1-13(24)21-4-2-14(3-5-21)17(25)23-11-15-10-19-18(20-16(15)12-23)22-6-8-26-9-7-22/h10,14H,2-9,11-12H2,1H3. The third-order valence-electron chi connectivity index (χ3n) is 5.54. The number of fused-ring (bicyclic) bond motifs is 1. The van der Waals surface area contributed by atoms with E-state index in [1.54, 1.807) is 6.92 Å². The number of amides is 2. The molecule has 0 aromatic carbocycles. The third-order valence-corrected chi connectivity index (χ3v) is 5.54. The summed E-state index contributed by atoms with van der Waals surface area (Å²) in [6.45, 7) is 7.08. The number of piperidine rings is 1. The molecule has 1 aromatic heterocycles. The van der Waals surface area contributed by atoms with Crippen LogP contribution in [0.4, 0.5) is 5.95 Å². The molecule has 0 atom stereocenters. The highest BCUT2D eigenvalue weighted by molar-refractivity contribution is 5.80. The number of likely N-dealkylation sites (tertiary alicyclic amines) is 1. The topological polar surface area (TPSA) is 78.9 Å². The number of nitrogens with zero attached hydrogens (tertiary/aromatic N) is 5. The van der Waals surface area contributed by atoms with Crippen LogP contribution < -0.4 is 4.90 Å². The Kier molecular flexibility index (Phi) is 4.76. The van der Waals surface area contributed by atoms with E-state index in [1.807, 2.05) is 16.0 Å². The fourth-order valence-corrected chi connectivity index (χ4v) is 3.91. The Balaban J connectivity index is 1.39. The second-order valence-corrected chi connectivity index (χ2v) is 7.22. The Morgan fingerprint density at radius 1 is 1.08 bits per heavy atom. The summed E-state index contributed by atoms with van der Waals surface area (Å²) in [4.78, 5) is 39.4. The summed E-state index contributed by atoms with van der Waals surface area (Å²) < 4.78 is 5.38. The van der Waals surface area contributed by atoms with Gasteiger partial charge in [-0.25, -0.2) is 9.97 Å². The average Bonchev–Trinajstić information content (AvgIpc) is 3.11. The van der Waals surface area contributed by atoms with Crippen molar-refractivity contribution in [2.24, 2.45) is 5.92 Å². The van der Waals surface area contributed by atoms with E-state index in [0.29, 0.717) is 39.4 Å². The summed E-state index contributed by atoms with van der Waals surface area (Å²) in [5.74, 6) is 1.01. The molecule has 4 rings (SSSR count). The summed E-state index contributed by atoms with van der Waals surface area (Å²) in [6.07, 6.45) is 3.35. The van der Waals surface area contributed by atoms with Crippen LogP contribution in [0.15, 0.2) is 6.20 Å². The number of rotatable bonds is 2. The van der Waals surface area contributed by atoms with E-state index in [4.69, 9.17) is 9.72 Å². The van der Waals surface area contributed by atoms with E-state index >= 15 is 0 Å². The van der Waals surface area contributed by atoms with Crippen molar-refractivity contribution in [2.45, 2.75) is 32.9 Å². The lowest BCUT2D eigenvalue weighted by Gasteiger charge is -2.32. The smallest absolute Gasteiger partial charge is 0.226 e. The molecule has 8 nitrogen and oxygen atoms in total. The van der Waals surface area contributed by atoms with Crippen molar-refractivity contribution in [3.05, 3.63) is 17.5 Å². The van der Waals surface area contributed by atoms with Crippen LogP contribution in [0, 0.1) is 5.92 Å². The molecular formula is C18H25N5O3. The summed E-state index contributed by atoms with van der Waals surface area (Å²) in [7, 11) is 0. The van der Waals surface area contributed by atoms with Gasteiger partial charge in [0.25, 0.3) is 0 Å². The van der Waals surface area contributed by atoms with Gasteiger partial charge in [-0.1, -0.05) is 0 Å². The highest BCUT2D eigenvalue weighted by Crippen LogP contribution is 2.27. The molecule has 4 heterocycles. The fourth-order valence-electron chi connectivity index (χ4n) is 3.91. The molecule has 140 valence electrons. The lowest BCUT2D eigenvalue weighted by molar-refractivity contribution is -0.140. The minimum Gasteiger partial charge on any atom is -0.378 e. The first-order valence-electron chi connectivity index (χ1n) is 9.33. The number of anilines is 1. The first-order valence-corrected chi connectivity index (χ1v) is 9.33. The van der Waals surface area contributed by atoms with Crippen molar-refractivity contribution in [3.63, 3.8) is 0 Å². The maximum atomic E-state index is 12.9. The number of hydrogen-bond acceptors (Lipinski definition) is 6. The zero-order valence-electron chi connectivity index (χ0n) is 15.2. The average molecular weight is 359 g/mol. The molecule has 26 heavy (non-hydrogen) atoms. The predicted octanol–water partition coefficient (Wildman–Crippen LogP) is 0.414. The molecule has 0 saturated carbocycles. The van der Waals surface area contributed by atoms with Crippen molar-refractivity contribution in [1.82, 2.24) is 19.8 Å². The highest BCUT2D eigenvalue weighted by atomic mass is 16.5. The molecular weight excluding hydrogens is 334 g/mol. The normalized spacial score (nSPS) is 21.0. The molecule has 0 N–H and O–H groups in total. The van der Waals surface area contributed by atoms with E-state index < -0.39 is 0 Å². The third kappa shape index (κ3) is 3.38. The van der Waals surface area contributed by atoms with Gasteiger partial charge in [-0.15, -0.1) is 0 Å². The van der Waals surface area contributed by atoms with Crippen LogP contribution in [0.25, 0.3) is 0 Å². The molecule has 0 spiro atoms. The van der Waals surface area contributed by atoms with Gasteiger partial charge in [-0.05, 0) is 12.8 Å². The van der Waals surface area contributed by atoms with Crippen LogP contribution in [-0.4, -0.2) is 71.0 Å². The van der Waals surface area contributed by atoms with Crippen molar-refractivity contribution in [2.75, 3.05) is 44.3 Å². The maximum Gasteiger partial charge on any atom is 0.226 e. The summed E-state index contributed by atoms with van der Waals surface area (Å²) in [5, 5.41) is 0. The Morgan fingerprint density at radius 2 is 1.81 bits per heavy atom. The minimum absolute atomic E-state index is 0.00610. The van der Waals surface area contributed by atoms with Crippen LogP contribution in [0.5, 0.6) is 0 Å². The lowest BCUT2D eigenvalue weighted by Crippen LogP contribution is -2.42. The van der Waals surface area contributed by atoms with E-state index in [2.05, 4.69) is 9.88 Å². The number of ether oxygens (including phenoxy) is 1. The minimum atomic E-state index is 0.00610. The van der Waals surface area contributed by atoms with Gasteiger partial charge in [0.2, 0.25) is 17.8 Å². The van der Waals surface area contributed by atoms with Gasteiger partial charge in [0.15, 0.2) is 0 Å². The van der Waals surface area contributed by atoms with E-state index in [0.717, 1.165) is 43.1 Å². The number of morpholine rings is 1. The Labute approximate surface area is 153 Å². The molecule has 3 aliphatic heterocycles. The van der Waals surface area contributed by atoms with Crippen LogP contribution >= 0.6 is 0 Å². The monoisotopic (exact) mass is 359 g/mol. The van der Waals surface area contributed by atoms with Gasteiger partial charge in [0, 0.05) is 57.3 Å². The number of aromatic nitrogens is 2. The molecule has 0 bridgehead atoms. The number of hydrogen-bond donors (Lipinski definition) is 0. The van der Waals surface area contributed by atoms with Crippen molar-refractivity contribution >= 4 is 17.8 Å². The van der Waals surface area contributed by atoms with E-state index in [1.165, 1.54) is 0 Å². The Bertz CT molecular complexity index is 696. The van der Waals surface area contributed by atoms with Crippen LogP contribution in [-0.2, 0) is 27.4 Å². The molecule has 0 radical (unpaired) electrons. The molecule has 2 saturated heterocycles. The predicted molar refractivity (Wildman–Crippen MR) is 94.3 cm³/mol. The second kappa shape index (κ2) is 7.19. The molecule has 1 aromatic rings. The first kappa shape index (κ1) is 17.2. The molecule has 3 aliphatic rings. The molecule has 8 heteroatoms. The Morgan fingerprint density at radius 3 is 2.50 bits per heavy atom. The first-order chi connectivity index (χ1) is 12.6. The van der Waals surface area contributed by atoms with Gasteiger partial charge < -0.3 is 19.4 Å². The highest BCUT2D eigenvalue weighted by Gasteiger charge is 2.33. The van der Waals surface area contributed by atoms with Gasteiger partial charge >= 0.3 is 0 Å². The van der Waals surface area contributed by atoms with Gasteiger partial charge in [-0.2, -0.15) is 0 Å². The summed E-state index contributed by atoms with van der Waals surface area (Å²) in [6, 6.07) is 0.